The summed E-state index contributed by atoms with van der Waals surface area (Å²) in [5, 5.41) is 8.89. The number of carbonyl (C=O) groups is 1. The topological polar surface area (TPSA) is 59.3 Å². The van der Waals surface area contributed by atoms with Gasteiger partial charge in [0, 0.05) is 0 Å². The highest BCUT2D eigenvalue weighted by Gasteiger charge is 2.12. The number of rotatable bonds is 4. The summed E-state index contributed by atoms with van der Waals surface area (Å²) in [5.74, 6) is 0.316. The van der Waals surface area contributed by atoms with E-state index in [0.29, 0.717) is 17.9 Å². The van der Waals surface area contributed by atoms with Gasteiger partial charge in [-0.3, -0.25) is 4.79 Å². The lowest BCUT2D eigenvalue weighted by atomic mass is 10.0. The zero-order valence-corrected chi connectivity index (χ0v) is 10.2. The fourth-order valence-corrected chi connectivity index (χ4v) is 1.57. The second-order valence-corrected chi connectivity index (χ2v) is 3.56. The summed E-state index contributed by atoms with van der Waals surface area (Å²) in [6.07, 6.45) is 0.158. The largest absolute Gasteiger partial charge is 0.496 e. The van der Waals surface area contributed by atoms with Crippen molar-refractivity contribution in [3.8, 4) is 11.8 Å². The maximum Gasteiger partial charge on any atom is 0.310 e. The molecule has 17 heavy (non-hydrogen) atoms. The molecule has 1 rings (SSSR count). The van der Waals surface area contributed by atoms with E-state index in [1.54, 1.807) is 19.1 Å². The van der Waals surface area contributed by atoms with Crippen molar-refractivity contribution in [2.45, 2.75) is 20.3 Å². The maximum atomic E-state index is 11.4. The molecule has 0 aliphatic carbocycles. The van der Waals surface area contributed by atoms with Crippen LogP contribution in [0.25, 0.3) is 0 Å². The van der Waals surface area contributed by atoms with Gasteiger partial charge in [0.1, 0.15) is 5.75 Å². The zero-order chi connectivity index (χ0) is 12.8. The number of benzene rings is 1. The first-order chi connectivity index (χ1) is 8.12. The summed E-state index contributed by atoms with van der Waals surface area (Å²) < 4.78 is 10.1. The van der Waals surface area contributed by atoms with Gasteiger partial charge in [-0.25, -0.2) is 0 Å². The molecule has 0 amide bonds. The Balaban J connectivity index is 3.06. The first-order valence-electron chi connectivity index (χ1n) is 5.35. The van der Waals surface area contributed by atoms with Crippen LogP contribution in [0.3, 0.4) is 0 Å². The summed E-state index contributed by atoms with van der Waals surface area (Å²) in [7, 11) is 1.54. The van der Waals surface area contributed by atoms with Crippen LogP contribution in [-0.2, 0) is 16.0 Å². The predicted molar refractivity (Wildman–Crippen MR) is 62.8 cm³/mol. The first-order valence-corrected chi connectivity index (χ1v) is 5.35. The van der Waals surface area contributed by atoms with Gasteiger partial charge in [0.15, 0.2) is 0 Å². The molecular weight excluding hydrogens is 218 g/mol. The number of nitriles is 1. The molecular formula is C13H15NO3. The number of hydrogen-bond donors (Lipinski definition) is 0. The Kier molecular flexibility index (Phi) is 4.53. The van der Waals surface area contributed by atoms with E-state index in [2.05, 4.69) is 0 Å². The van der Waals surface area contributed by atoms with Crippen molar-refractivity contribution in [2.75, 3.05) is 13.7 Å². The predicted octanol–water partition coefficient (Wildman–Crippen LogP) is 1.98. The number of ether oxygens (including phenoxy) is 2. The molecule has 0 N–H and O–H groups in total. The molecule has 0 saturated carbocycles. The lowest BCUT2D eigenvalue weighted by Gasteiger charge is -2.10. The van der Waals surface area contributed by atoms with E-state index in [9.17, 15) is 4.79 Å². The SMILES string of the molecule is CCOC(=O)Cc1cc(C#N)cc(OC)c1C. The molecule has 1 aromatic carbocycles. The third-order valence-electron chi connectivity index (χ3n) is 2.46. The summed E-state index contributed by atoms with van der Waals surface area (Å²) in [6.45, 7) is 3.97. The monoisotopic (exact) mass is 233 g/mol. The smallest absolute Gasteiger partial charge is 0.310 e. The van der Waals surface area contributed by atoms with Crippen molar-refractivity contribution in [1.82, 2.24) is 0 Å². The van der Waals surface area contributed by atoms with Crippen molar-refractivity contribution in [3.05, 3.63) is 28.8 Å². The summed E-state index contributed by atoms with van der Waals surface area (Å²) >= 11 is 0. The lowest BCUT2D eigenvalue weighted by Crippen LogP contribution is -2.09. The van der Waals surface area contributed by atoms with Gasteiger partial charge < -0.3 is 9.47 Å². The van der Waals surface area contributed by atoms with Crippen LogP contribution >= 0.6 is 0 Å². The minimum Gasteiger partial charge on any atom is -0.496 e. The van der Waals surface area contributed by atoms with E-state index in [4.69, 9.17) is 14.7 Å². The van der Waals surface area contributed by atoms with Crippen LogP contribution < -0.4 is 4.74 Å². The van der Waals surface area contributed by atoms with Crippen molar-refractivity contribution in [1.29, 1.82) is 5.26 Å². The van der Waals surface area contributed by atoms with E-state index < -0.39 is 0 Å². The van der Waals surface area contributed by atoms with Crippen molar-refractivity contribution in [2.24, 2.45) is 0 Å². The second-order valence-electron chi connectivity index (χ2n) is 3.56. The van der Waals surface area contributed by atoms with Gasteiger partial charge in [0.25, 0.3) is 0 Å². The summed E-state index contributed by atoms with van der Waals surface area (Å²) in [5.41, 5.74) is 2.10. The number of carbonyl (C=O) groups excluding carboxylic acids is 1. The highest BCUT2D eigenvalue weighted by atomic mass is 16.5. The Morgan fingerprint density at radius 2 is 2.18 bits per heavy atom. The van der Waals surface area contributed by atoms with E-state index >= 15 is 0 Å². The fourth-order valence-electron chi connectivity index (χ4n) is 1.57. The molecule has 0 atom stereocenters. The van der Waals surface area contributed by atoms with Crippen LogP contribution in [-0.4, -0.2) is 19.7 Å². The van der Waals surface area contributed by atoms with Gasteiger partial charge in [-0.1, -0.05) is 0 Å². The number of hydrogen-bond acceptors (Lipinski definition) is 4. The van der Waals surface area contributed by atoms with Gasteiger partial charge >= 0.3 is 5.97 Å². The molecule has 0 heterocycles. The van der Waals surface area contributed by atoms with Crippen molar-refractivity contribution < 1.29 is 14.3 Å². The van der Waals surface area contributed by atoms with Gasteiger partial charge in [0.05, 0.1) is 31.8 Å². The molecule has 0 aromatic heterocycles. The molecule has 0 aliphatic heterocycles. The summed E-state index contributed by atoms with van der Waals surface area (Å²) in [4.78, 5) is 11.4. The first kappa shape index (κ1) is 13.0. The van der Waals surface area contributed by atoms with E-state index in [-0.39, 0.29) is 12.4 Å². The highest BCUT2D eigenvalue weighted by Crippen LogP contribution is 2.24. The summed E-state index contributed by atoms with van der Waals surface area (Å²) in [6, 6.07) is 5.39. The fraction of sp³-hybridized carbons (Fsp3) is 0.385. The van der Waals surface area contributed by atoms with Crippen LogP contribution in [0.1, 0.15) is 23.6 Å². The Bertz CT molecular complexity index is 460. The highest BCUT2D eigenvalue weighted by molar-refractivity contribution is 5.73. The average Bonchev–Trinajstić information content (AvgIpc) is 2.32. The van der Waals surface area contributed by atoms with Gasteiger partial charge in [-0.05, 0) is 37.1 Å². The zero-order valence-electron chi connectivity index (χ0n) is 10.2. The van der Waals surface area contributed by atoms with E-state index in [1.807, 2.05) is 13.0 Å². The van der Waals surface area contributed by atoms with Crippen molar-refractivity contribution >= 4 is 5.97 Å². The van der Waals surface area contributed by atoms with Crippen LogP contribution in [0.5, 0.6) is 5.75 Å². The molecule has 0 fully saturated rings. The van der Waals surface area contributed by atoms with Crippen LogP contribution in [0.2, 0.25) is 0 Å². The second kappa shape index (κ2) is 5.90. The van der Waals surface area contributed by atoms with E-state index in [0.717, 1.165) is 11.1 Å². The lowest BCUT2D eigenvalue weighted by molar-refractivity contribution is -0.142. The molecule has 0 unspecified atom stereocenters. The molecule has 0 bridgehead atoms. The molecule has 0 radical (unpaired) electrons. The molecule has 90 valence electrons. The minimum absolute atomic E-state index is 0.158. The molecule has 0 aliphatic rings. The minimum atomic E-state index is -0.298. The standard InChI is InChI=1S/C13H15NO3/c1-4-17-13(15)7-11-5-10(8-14)6-12(16-3)9(11)2/h5-6H,4,7H2,1-3H3. The molecule has 0 saturated heterocycles. The number of nitrogens with zero attached hydrogens (tertiary/aromatic N) is 1. The molecule has 1 aromatic rings. The van der Waals surface area contributed by atoms with Gasteiger partial charge in [0.2, 0.25) is 0 Å². The van der Waals surface area contributed by atoms with Gasteiger partial charge in [-0.15, -0.1) is 0 Å². The number of esters is 1. The Morgan fingerprint density at radius 1 is 1.47 bits per heavy atom. The normalized spacial score (nSPS) is 9.53. The molecule has 4 nitrogen and oxygen atoms in total. The van der Waals surface area contributed by atoms with Crippen LogP contribution in [0.15, 0.2) is 12.1 Å². The quantitative estimate of drug-likeness (QED) is 0.746. The molecule has 0 spiro atoms. The maximum absolute atomic E-state index is 11.4. The van der Waals surface area contributed by atoms with Gasteiger partial charge in [-0.2, -0.15) is 5.26 Å². The third kappa shape index (κ3) is 3.22. The molecule has 4 heteroatoms. The number of methoxy groups -OCH3 is 1. The van der Waals surface area contributed by atoms with E-state index in [1.165, 1.54) is 7.11 Å². The van der Waals surface area contributed by atoms with Crippen LogP contribution in [0.4, 0.5) is 0 Å². The third-order valence-corrected chi connectivity index (χ3v) is 2.46. The Hall–Kier alpha value is -2.02. The average molecular weight is 233 g/mol. The van der Waals surface area contributed by atoms with Crippen molar-refractivity contribution in [3.63, 3.8) is 0 Å². The Morgan fingerprint density at radius 3 is 2.71 bits per heavy atom. The Labute approximate surface area is 101 Å². The van der Waals surface area contributed by atoms with Crippen LogP contribution in [0, 0.1) is 18.3 Å².